The lowest BCUT2D eigenvalue weighted by atomic mass is 9.75. The van der Waals surface area contributed by atoms with Crippen LogP contribution >= 0.6 is 0 Å². The van der Waals surface area contributed by atoms with E-state index >= 15 is 0 Å². The smallest absolute Gasteiger partial charge is 0.305 e. The average Bonchev–Trinajstić information content (AvgIpc) is 2.54. The monoisotopic (exact) mass is 306 g/mol. The summed E-state index contributed by atoms with van der Waals surface area (Å²) in [6.07, 6.45) is 5.89. The lowest BCUT2D eigenvalue weighted by Gasteiger charge is -2.41. The van der Waals surface area contributed by atoms with Gasteiger partial charge in [0.15, 0.2) is 0 Å². The maximum atomic E-state index is 13.4. The molecule has 1 aliphatic heterocycles. The van der Waals surface area contributed by atoms with Crippen molar-refractivity contribution in [3.63, 3.8) is 0 Å². The third-order valence-electron chi connectivity index (χ3n) is 4.97. The van der Waals surface area contributed by atoms with Crippen LogP contribution in [0.1, 0.15) is 42.5 Å². The normalized spacial score (nSPS) is 24.7. The molecule has 1 saturated carbocycles. The topological polar surface area (TPSA) is 63.4 Å². The van der Waals surface area contributed by atoms with E-state index in [1.807, 2.05) is 0 Å². The number of rotatable bonds is 2. The Morgan fingerprint density at radius 1 is 1.23 bits per heavy atom. The first-order chi connectivity index (χ1) is 10.6. The Morgan fingerprint density at radius 2 is 1.95 bits per heavy atom. The fraction of sp³-hybridized carbons (Fsp3) is 0.562. The quantitative estimate of drug-likeness (QED) is 0.621. The highest BCUT2D eigenvalue weighted by Gasteiger charge is 2.33. The molecule has 2 fully saturated rings. The van der Waals surface area contributed by atoms with E-state index in [2.05, 4.69) is 0 Å². The van der Waals surface area contributed by atoms with Gasteiger partial charge in [0.2, 0.25) is 5.82 Å². The third kappa shape index (κ3) is 2.82. The molecule has 0 bridgehead atoms. The fourth-order valence-corrected chi connectivity index (χ4v) is 3.75. The van der Waals surface area contributed by atoms with Crippen molar-refractivity contribution in [1.82, 2.24) is 4.90 Å². The number of fused-ring (bicyclic) bond motifs is 1. The van der Waals surface area contributed by atoms with Crippen molar-refractivity contribution in [2.24, 2.45) is 11.8 Å². The summed E-state index contributed by atoms with van der Waals surface area (Å²) in [5.74, 6) is 0.113. The van der Waals surface area contributed by atoms with Gasteiger partial charge in [0, 0.05) is 24.7 Å². The molecule has 1 amide bonds. The summed E-state index contributed by atoms with van der Waals surface area (Å²) in [4.78, 5) is 24.3. The number of likely N-dealkylation sites (tertiary alicyclic amines) is 1. The summed E-state index contributed by atoms with van der Waals surface area (Å²) in [5, 5.41) is 10.8. The Labute approximate surface area is 128 Å². The first-order valence-corrected chi connectivity index (χ1v) is 7.79. The van der Waals surface area contributed by atoms with Crippen LogP contribution in [0.5, 0.6) is 0 Å². The molecule has 1 saturated heterocycles. The highest BCUT2D eigenvalue weighted by molar-refractivity contribution is 5.95. The molecule has 1 aromatic carbocycles. The van der Waals surface area contributed by atoms with E-state index in [1.165, 1.54) is 25.3 Å². The molecule has 3 rings (SSSR count). The van der Waals surface area contributed by atoms with Crippen LogP contribution in [0.3, 0.4) is 0 Å². The van der Waals surface area contributed by atoms with Gasteiger partial charge in [-0.1, -0.05) is 19.3 Å². The summed E-state index contributed by atoms with van der Waals surface area (Å²) in [7, 11) is 0. The van der Waals surface area contributed by atoms with Gasteiger partial charge in [0.25, 0.3) is 5.91 Å². The molecular weight excluding hydrogens is 287 g/mol. The zero-order chi connectivity index (χ0) is 15.7. The molecule has 0 spiro atoms. The number of nitro groups is 1. The number of nitrogens with zero attached hydrogens (tertiary/aromatic N) is 2. The minimum Gasteiger partial charge on any atom is -0.338 e. The van der Waals surface area contributed by atoms with Crippen molar-refractivity contribution in [1.29, 1.82) is 0 Å². The highest BCUT2D eigenvalue weighted by Crippen LogP contribution is 2.36. The Bertz CT molecular complexity index is 605. The van der Waals surface area contributed by atoms with Gasteiger partial charge in [-0.15, -0.1) is 0 Å². The maximum absolute atomic E-state index is 13.4. The van der Waals surface area contributed by atoms with Gasteiger partial charge in [-0.25, -0.2) is 0 Å². The molecule has 1 aliphatic carbocycles. The number of halogens is 1. The number of piperidine rings is 1. The van der Waals surface area contributed by atoms with Crippen LogP contribution in [-0.2, 0) is 0 Å². The minimum absolute atomic E-state index is 0.197. The van der Waals surface area contributed by atoms with E-state index in [0.717, 1.165) is 25.0 Å². The van der Waals surface area contributed by atoms with E-state index in [0.29, 0.717) is 24.9 Å². The van der Waals surface area contributed by atoms with Crippen LogP contribution in [-0.4, -0.2) is 28.8 Å². The zero-order valence-corrected chi connectivity index (χ0v) is 12.3. The fourth-order valence-electron chi connectivity index (χ4n) is 3.75. The molecule has 5 nitrogen and oxygen atoms in total. The van der Waals surface area contributed by atoms with E-state index in [1.54, 1.807) is 4.90 Å². The van der Waals surface area contributed by atoms with Gasteiger partial charge in [-0.2, -0.15) is 4.39 Å². The predicted octanol–water partition coefficient (Wildman–Crippen LogP) is 3.39. The Morgan fingerprint density at radius 3 is 2.68 bits per heavy atom. The molecule has 2 aliphatic rings. The van der Waals surface area contributed by atoms with E-state index < -0.39 is 16.4 Å². The van der Waals surface area contributed by atoms with Crippen molar-refractivity contribution in [2.45, 2.75) is 32.1 Å². The Kier molecular flexibility index (Phi) is 4.09. The van der Waals surface area contributed by atoms with Crippen molar-refractivity contribution in [3.8, 4) is 0 Å². The zero-order valence-electron chi connectivity index (χ0n) is 12.3. The first-order valence-electron chi connectivity index (χ1n) is 7.79. The number of hydrogen-bond acceptors (Lipinski definition) is 3. The number of amides is 1. The van der Waals surface area contributed by atoms with Crippen molar-refractivity contribution in [2.75, 3.05) is 13.1 Å². The van der Waals surface area contributed by atoms with Crippen LogP contribution in [0.2, 0.25) is 0 Å². The molecule has 0 N–H and O–H groups in total. The second-order valence-electron chi connectivity index (χ2n) is 6.27. The van der Waals surface area contributed by atoms with Crippen molar-refractivity contribution >= 4 is 11.6 Å². The second kappa shape index (κ2) is 6.02. The summed E-state index contributed by atoms with van der Waals surface area (Å²) in [6, 6.07) is 3.38. The van der Waals surface area contributed by atoms with E-state index in [4.69, 9.17) is 0 Å². The molecular formula is C16H19FN2O3. The van der Waals surface area contributed by atoms with Gasteiger partial charge in [-0.3, -0.25) is 14.9 Å². The first kappa shape index (κ1) is 14.9. The molecule has 22 heavy (non-hydrogen) atoms. The number of carbonyl (C=O) groups excluding carboxylic acids is 1. The van der Waals surface area contributed by atoms with Crippen LogP contribution in [0, 0.1) is 27.8 Å². The van der Waals surface area contributed by atoms with E-state index in [9.17, 15) is 19.3 Å². The third-order valence-corrected chi connectivity index (χ3v) is 4.97. The van der Waals surface area contributed by atoms with Gasteiger partial charge in [0.1, 0.15) is 0 Å². The van der Waals surface area contributed by atoms with Crippen LogP contribution in [0.4, 0.5) is 10.1 Å². The summed E-state index contributed by atoms with van der Waals surface area (Å²) in [5.41, 5.74) is -0.444. The van der Waals surface area contributed by atoms with Gasteiger partial charge in [0.05, 0.1) is 4.92 Å². The number of nitro benzene ring substituents is 1. The lowest BCUT2D eigenvalue weighted by Crippen LogP contribution is -2.44. The second-order valence-corrected chi connectivity index (χ2v) is 6.27. The molecule has 6 heteroatoms. The van der Waals surface area contributed by atoms with Crippen molar-refractivity contribution in [3.05, 3.63) is 39.7 Å². The molecule has 0 aromatic heterocycles. The largest absolute Gasteiger partial charge is 0.338 e. The van der Waals surface area contributed by atoms with Crippen molar-refractivity contribution < 1.29 is 14.1 Å². The molecule has 2 atom stereocenters. The van der Waals surface area contributed by atoms with Gasteiger partial charge in [-0.05, 0) is 36.8 Å². The van der Waals surface area contributed by atoms with Gasteiger partial charge >= 0.3 is 5.69 Å². The standard InChI is InChI=1S/C16H19FN2O3/c17-14-6-5-12(9-15(14)19(21)22)16(20)18-8-7-11-3-1-2-4-13(11)10-18/h5-6,9,11,13H,1-4,7-8,10H2/t11-,13+/m1/s1. The van der Waals surface area contributed by atoms with Crippen LogP contribution in [0.25, 0.3) is 0 Å². The summed E-state index contributed by atoms with van der Waals surface area (Å²) in [6.45, 7) is 1.40. The summed E-state index contributed by atoms with van der Waals surface area (Å²) < 4.78 is 13.4. The summed E-state index contributed by atoms with van der Waals surface area (Å²) >= 11 is 0. The molecule has 1 heterocycles. The lowest BCUT2D eigenvalue weighted by molar-refractivity contribution is -0.387. The molecule has 0 radical (unpaired) electrons. The van der Waals surface area contributed by atoms with E-state index in [-0.39, 0.29) is 11.5 Å². The maximum Gasteiger partial charge on any atom is 0.305 e. The Balaban J connectivity index is 1.76. The highest BCUT2D eigenvalue weighted by atomic mass is 19.1. The number of carbonyl (C=O) groups is 1. The SMILES string of the molecule is O=C(c1ccc(F)c([N+](=O)[O-])c1)N1CC[C@H]2CCCC[C@H]2C1. The molecule has 1 aromatic rings. The minimum atomic E-state index is -0.910. The van der Waals surface area contributed by atoms with Crippen LogP contribution < -0.4 is 0 Å². The number of benzene rings is 1. The predicted molar refractivity (Wildman–Crippen MR) is 79.0 cm³/mol. The number of hydrogen-bond donors (Lipinski definition) is 0. The average molecular weight is 306 g/mol. The van der Waals surface area contributed by atoms with Crippen LogP contribution in [0.15, 0.2) is 18.2 Å². The van der Waals surface area contributed by atoms with Gasteiger partial charge < -0.3 is 4.90 Å². The molecule has 118 valence electrons. The Hall–Kier alpha value is -1.98. The molecule has 0 unspecified atom stereocenters.